The van der Waals surface area contributed by atoms with Crippen molar-refractivity contribution in [3.63, 3.8) is 0 Å². The van der Waals surface area contributed by atoms with Gasteiger partial charge in [0.25, 0.3) is 5.91 Å². The van der Waals surface area contributed by atoms with E-state index in [4.69, 9.17) is 0 Å². The molecule has 0 spiro atoms. The smallest absolute Gasteiger partial charge is 0.277 e. The number of hydrazone groups is 1. The van der Waals surface area contributed by atoms with E-state index in [9.17, 15) is 19.5 Å². The quantitative estimate of drug-likeness (QED) is 0.329. The third kappa shape index (κ3) is 5.84. The molecule has 0 unspecified atom stereocenters. The molecule has 0 aromatic heterocycles. The molecule has 2 aliphatic carbocycles. The molecule has 3 aliphatic rings. The van der Waals surface area contributed by atoms with Gasteiger partial charge in [-0.3, -0.25) is 14.4 Å². The van der Waals surface area contributed by atoms with Gasteiger partial charge in [-0.15, -0.1) is 0 Å². The van der Waals surface area contributed by atoms with Crippen molar-refractivity contribution >= 4 is 40.3 Å². The van der Waals surface area contributed by atoms with Gasteiger partial charge in [0.15, 0.2) is 0 Å². The van der Waals surface area contributed by atoms with Gasteiger partial charge in [0.1, 0.15) is 5.76 Å². The summed E-state index contributed by atoms with van der Waals surface area (Å²) in [6.45, 7) is 16.8. The van der Waals surface area contributed by atoms with Gasteiger partial charge in [0, 0.05) is 29.8 Å². The van der Waals surface area contributed by atoms with Gasteiger partial charge in [-0.05, 0) is 71.6 Å². The minimum atomic E-state index is -0.617. The third-order valence-corrected chi connectivity index (χ3v) is 8.88. The molecule has 1 saturated carbocycles. The lowest BCUT2D eigenvalue weighted by molar-refractivity contribution is -0.130. The summed E-state index contributed by atoms with van der Waals surface area (Å²) in [7, 11) is 0. The molecular weight excluding hydrogens is 516 g/mol. The predicted molar refractivity (Wildman–Crippen MR) is 165 cm³/mol. The van der Waals surface area contributed by atoms with Crippen molar-refractivity contribution in [2.75, 3.05) is 23.3 Å². The summed E-state index contributed by atoms with van der Waals surface area (Å²) in [6.07, 6.45) is 6.97. The van der Waals surface area contributed by atoms with Crippen LogP contribution in [0, 0.1) is 11.3 Å². The zero-order valence-electron chi connectivity index (χ0n) is 26.0. The molecular formula is C33H46N4O4. The molecule has 2 N–H and O–H groups in total. The number of rotatable bonds is 9. The summed E-state index contributed by atoms with van der Waals surface area (Å²) in [5.41, 5.74) is 1.31. The fraction of sp³-hybridized carbons (Fsp3) is 0.576. The number of hydrogen-bond acceptors (Lipinski definition) is 6. The van der Waals surface area contributed by atoms with Gasteiger partial charge in [-0.2, -0.15) is 5.10 Å². The third-order valence-electron chi connectivity index (χ3n) is 8.88. The van der Waals surface area contributed by atoms with Crippen LogP contribution in [0.2, 0.25) is 0 Å². The summed E-state index contributed by atoms with van der Waals surface area (Å²) in [5.74, 6) is -0.475. The molecule has 1 aliphatic heterocycles. The molecule has 222 valence electrons. The Bertz CT molecular complexity index is 1340. The van der Waals surface area contributed by atoms with Crippen LogP contribution in [0.1, 0.15) is 99.5 Å². The molecule has 4 rings (SSSR count). The van der Waals surface area contributed by atoms with Crippen LogP contribution in [0.3, 0.4) is 0 Å². The number of anilines is 2. The highest BCUT2D eigenvalue weighted by Gasteiger charge is 2.45. The topological polar surface area (TPSA) is 102 Å². The summed E-state index contributed by atoms with van der Waals surface area (Å²) in [5, 5.41) is 20.0. The number of benzene rings is 1. The van der Waals surface area contributed by atoms with Gasteiger partial charge in [-0.25, -0.2) is 5.01 Å². The fourth-order valence-corrected chi connectivity index (χ4v) is 5.74. The zero-order valence-corrected chi connectivity index (χ0v) is 26.0. The van der Waals surface area contributed by atoms with Crippen LogP contribution in [-0.2, 0) is 14.4 Å². The number of ketones is 1. The van der Waals surface area contributed by atoms with E-state index in [1.54, 1.807) is 13.0 Å². The molecule has 41 heavy (non-hydrogen) atoms. The van der Waals surface area contributed by atoms with E-state index in [0.717, 1.165) is 31.1 Å². The maximum atomic E-state index is 13.6. The molecule has 1 aromatic carbocycles. The first-order valence-corrected chi connectivity index (χ1v) is 15.0. The van der Waals surface area contributed by atoms with Gasteiger partial charge in [0.05, 0.1) is 33.7 Å². The van der Waals surface area contributed by atoms with Crippen LogP contribution in [0.4, 0.5) is 11.4 Å². The average Bonchev–Trinajstić information content (AvgIpc) is 3.54. The van der Waals surface area contributed by atoms with Crippen molar-refractivity contribution in [1.29, 1.82) is 0 Å². The van der Waals surface area contributed by atoms with Crippen molar-refractivity contribution in [1.82, 2.24) is 5.01 Å². The Labute approximate surface area is 244 Å². The maximum Gasteiger partial charge on any atom is 0.277 e. The number of aliphatic hydroxyl groups is 1. The Morgan fingerprint density at radius 3 is 2.27 bits per heavy atom. The maximum absolute atomic E-state index is 13.6. The van der Waals surface area contributed by atoms with Crippen LogP contribution in [-0.4, -0.2) is 52.1 Å². The molecule has 1 heterocycles. The van der Waals surface area contributed by atoms with Gasteiger partial charge < -0.3 is 15.3 Å². The molecule has 0 atom stereocenters. The molecule has 2 amide bonds. The Kier molecular flexibility index (Phi) is 8.53. The number of amides is 2. The van der Waals surface area contributed by atoms with Crippen molar-refractivity contribution in [2.45, 2.75) is 99.5 Å². The van der Waals surface area contributed by atoms with Crippen LogP contribution in [0.25, 0.3) is 5.57 Å². The summed E-state index contributed by atoms with van der Waals surface area (Å²) < 4.78 is 0. The number of nitrogens with one attached hydrogen (secondary N) is 1. The van der Waals surface area contributed by atoms with Gasteiger partial charge in [-0.1, -0.05) is 46.5 Å². The fourth-order valence-electron chi connectivity index (χ4n) is 5.74. The van der Waals surface area contributed by atoms with E-state index in [0.29, 0.717) is 23.4 Å². The largest absolute Gasteiger partial charge is 0.506 e. The Morgan fingerprint density at radius 2 is 1.73 bits per heavy atom. The number of allylic oxidation sites excluding steroid dienone is 2. The van der Waals surface area contributed by atoms with Crippen molar-refractivity contribution in [2.24, 2.45) is 16.4 Å². The predicted octanol–water partition coefficient (Wildman–Crippen LogP) is 6.63. The lowest BCUT2D eigenvalue weighted by Crippen LogP contribution is -2.40. The standard InChI is InChI=1S/C33H46N4O4/c1-9-33(7,8)31(41)34-24-19-22(36(10-2)18-17-21-13-11-12-14-21)15-16-23(24)26-28(38)27(29(26)39)25-20(3)35-37(30(25)40)32(4,5)6/h15-16,19,21,38H,9-14,17-18H2,1-8H3,(H,34,41)/b27-25+. The van der Waals surface area contributed by atoms with Crippen LogP contribution in [0.5, 0.6) is 0 Å². The first-order chi connectivity index (χ1) is 19.2. The molecule has 8 nitrogen and oxygen atoms in total. The molecule has 0 saturated heterocycles. The lowest BCUT2D eigenvalue weighted by Gasteiger charge is -2.30. The summed E-state index contributed by atoms with van der Waals surface area (Å²) in [4.78, 5) is 42.4. The van der Waals surface area contributed by atoms with Crippen LogP contribution >= 0.6 is 0 Å². The monoisotopic (exact) mass is 562 g/mol. The van der Waals surface area contributed by atoms with E-state index < -0.39 is 22.6 Å². The first kappa shape index (κ1) is 30.5. The van der Waals surface area contributed by atoms with E-state index in [-0.39, 0.29) is 28.4 Å². The summed E-state index contributed by atoms with van der Waals surface area (Å²) >= 11 is 0. The van der Waals surface area contributed by atoms with Gasteiger partial charge >= 0.3 is 0 Å². The number of carbonyl (C=O) groups is 3. The van der Waals surface area contributed by atoms with E-state index >= 15 is 0 Å². The van der Waals surface area contributed by atoms with E-state index in [2.05, 4.69) is 22.2 Å². The lowest BCUT2D eigenvalue weighted by atomic mass is 9.79. The second kappa shape index (κ2) is 11.5. The molecule has 0 bridgehead atoms. The second-order valence-corrected chi connectivity index (χ2v) is 13.2. The second-order valence-electron chi connectivity index (χ2n) is 13.2. The molecule has 8 heteroatoms. The highest BCUT2D eigenvalue weighted by molar-refractivity contribution is 6.44. The number of carbonyl (C=O) groups excluding carboxylic acids is 3. The van der Waals surface area contributed by atoms with Crippen molar-refractivity contribution in [3.8, 4) is 0 Å². The molecule has 1 aromatic rings. The molecule has 0 radical (unpaired) electrons. The highest BCUT2D eigenvalue weighted by atomic mass is 16.3. The zero-order chi connectivity index (χ0) is 30.3. The van der Waals surface area contributed by atoms with E-state index in [1.807, 2.05) is 53.7 Å². The van der Waals surface area contributed by atoms with Crippen molar-refractivity contribution in [3.05, 3.63) is 40.7 Å². The van der Waals surface area contributed by atoms with Crippen molar-refractivity contribution < 1.29 is 19.5 Å². The SMILES string of the molecule is CCN(CCC1CCCC1)c1ccc(C2=C(O)/C(=C3\C(=O)N(C(C)(C)C)N=C3C)C2=O)c(NC(=O)C(C)(C)CC)c1. The number of hydrogen-bond donors (Lipinski definition) is 2. The minimum absolute atomic E-state index is 0.0139. The Balaban J connectivity index is 1.74. The van der Waals surface area contributed by atoms with E-state index in [1.165, 1.54) is 30.7 Å². The average molecular weight is 563 g/mol. The minimum Gasteiger partial charge on any atom is -0.506 e. The van der Waals surface area contributed by atoms with Crippen LogP contribution in [0.15, 0.2) is 40.2 Å². The van der Waals surface area contributed by atoms with Crippen LogP contribution < -0.4 is 10.2 Å². The number of aliphatic hydroxyl groups excluding tert-OH is 1. The highest BCUT2D eigenvalue weighted by Crippen LogP contribution is 2.44. The number of nitrogens with zero attached hydrogens (tertiary/aromatic N) is 3. The first-order valence-electron chi connectivity index (χ1n) is 15.0. The molecule has 1 fully saturated rings. The number of Topliss-reactive ketones (excluding diaryl/α,β-unsaturated/α-hetero) is 1. The Hall–Kier alpha value is -3.42. The summed E-state index contributed by atoms with van der Waals surface area (Å²) in [6, 6.07) is 5.65. The van der Waals surface area contributed by atoms with Gasteiger partial charge in [0.2, 0.25) is 11.7 Å². The normalized spacial score (nSPS) is 20.1. The Morgan fingerprint density at radius 1 is 1.07 bits per heavy atom.